The molecular weight excluding hydrogens is 275 g/mol. The monoisotopic (exact) mass is 285 g/mol. The lowest BCUT2D eigenvalue weighted by molar-refractivity contribution is -0.0331. The zero-order chi connectivity index (χ0) is 13.3. The van der Waals surface area contributed by atoms with Crippen LogP contribution in [0.25, 0.3) is 0 Å². The van der Waals surface area contributed by atoms with Gasteiger partial charge >= 0.3 is 5.51 Å². The number of halogens is 3. The van der Waals surface area contributed by atoms with Crippen LogP contribution < -0.4 is 4.13 Å². The van der Waals surface area contributed by atoms with Crippen LogP contribution in [0.5, 0.6) is 0 Å². The highest BCUT2D eigenvalue weighted by Gasteiger charge is 2.31. The molecule has 0 saturated carbocycles. The zero-order valence-electron chi connectivity index (χ0n) is 9.00. The average Bonchev–Trinajstić information content (AvgIpc) is 2.18. The summed E-state index contributed by atoms with van der Waals surface area (Å²) in [6.07, 6.45) is 0. The van der Waals surface area contributed by atoms with Gasteiger partial charge in [0.05, 0.1) is 4.90 Å². The molecule has 1 N–H and O–H groups in total. The van der Waals surface area contributed by atoms with Gasteiger partial charge in [-0.2, -0.15) is 13.2 Å². The molecule has 0 aromatic heterocycles. The molecule has 0 atom stereocenters. The minimum atomic E-state index is -4.65. The lowest BCUT2D eigenvalue weighted by Crippen LogP contribution is -2.21. The van der Waals surface area contributed by atoms with E-state index < -0.39 is 27.5 Å². The van der Waals surface area contributed by atoms with Crippen molar-refractivity contribution in [2.75, 3.05) is 0 Å². The van der Waals surface area contributed by atoms with Crippen molar-refractivity contribution < 1.29 is 21.6 Å². The molecule has 0 heterocycles. The lowest BCUT2D eigenvalue weighted by atomic mass is 10.1. The Kier molecular flexibility index (Phi) is 4.11. The SMILES string of the molecule is Cc1ccc(S(=O)(=O)NSC(F)(F)F)cc1C. The van der Waals surface area contributed by atoms with Gasteiger partial charge in [-0.25, -0.2) is 8.42 Å². The van der Waals surface area contributed by atoms with Crippen LogP contribution in [0.2, 0.25) is 0 Å². The number of hydrogen-bond acceptors (Lipinski definition) is 3. The molecule has 0 saturated heterocycles. The maximum atomic E-state index is 11.9. The Balaban J connectivity index is 2.94. The van der Waals surface area contributed by atoms with Crippen LogP contribution in [-0.2, 0) is 10.0 Å². The highest BCUT2D eigenvalue weighted by Crippen LogP contribution is 2.29. The van der Waals surface area contributed by atoms with Crippen LogP contribution in [0, 0.1) is 13.8 Å². The number of aryl methyl sites for hydroxylation is 2. The van der Waals surface area contributed by atoms with Gasteiger partial charge in [0.2, 0.25) is 10.0 Å². The van der Waals surface area contributed by atoms with E-state index in [1.165, 1.54) is 16.3 Å². The lowest BCUT2D eigenvalue weighted by Gasteiger charge is -2.09. The fourth-order valence-electron chi connectivity index (χ4n) is 1.03. The normalized spacial score (nSPS) is 12.8. The van der Waals surface area contributed by atoms with Gasteiger partial charge in [0.15, 0.2) is 0 Å². The maximum absolute atomic E-state index is 11.9. The molecule has 0 aliphatic heterocycles. The zero-order valence-corrected chi connectivity index (χ0v) is 10.6. The van der Waals surface area contributed by atoms with Gasteiger partial charge in [0.1, 0.15) is 0 Å². The Morgan fingerprint density at radius 3 is 2.24 bits per heavy atom. The van der Waals surface area contributed by atoms with Crippen molar-refractivity contribution in [2.45, 2.75) is 24.3 Å². The van der Waals surface area contributed by atoms with Crippen molar-refractivity contribution in [3.63, 3.8) is 0 Å². The van der Waals surface area contributed by atoms with Crippen LogP contribution in [0.4, 0.5) is 13.2 Å². The van der Waals surface area contributed by atoms with Crippen LogP contribution >= 0.6 is 11.9 Å². The second-order valence-electron chi connectivity index (χ2n) is 3.38. The minimum Gasteiger partial charge on any atom is -0.206 e. The molecule has 0 fully saturated rings. The molecule has 17 heavy (non-hydrogen) atoms. The van der Waals surface area contributed by atoms with E-state index in [9.17, 15) is 21.6 Å². The molecule has 0 radical (unpaired) electrons. The third kappa shape index (κ3) is 4.21. The molecule has 0 aliphatic rings. The highest BCUT2D eigenvalue weighted by molar-refractivity contribution is 8.09. The first-order chi connectivity index (χ1) is 7.62. The molecule has 0 spiro atoms. The average molecular weight is 285 g/mol. The van der Waals surface area contributed by atoms with Gasteiger partial charge in [-0.15, -0.1) is 4.13 Å². The number of benzene rings is 1. The molecular formula is C9H10F3NO2S2. The molecule has 0 amide bonds. The Labute approximate surface area is 102 Å². The van der Waals surface area contributed by atoms with E-state index in [0.717, 1.165) is 5.56 Å². The summed E-state index contributed by atoms with van der Waals surface area (Å²) in [6.45, 7) is 3.47. The molecule has 3 nitrogen and oxygen atoms in total. The molecule has 1 rings (SSSR count). The molecule has 8 heteroatoms. The maximum Gasteiger partial charge on any atom is 0.457 e. The van der Waals surface area contributed by atoms with E-state index in [4.69, 9.17) is 0 Å². The third-order valence-corrected chi connectivity index (χ3v) is 4.37. The van der Waals surface area contributed by atoms with Gasteiger partial charge in [-0.05, 0) is 37.1 Å². The van der Waals surface area contributed by atoms with Crippen LogP contribution in [0.1, 0.15) is 11.1 Å². The van der Waals surface area contributed by atoms with Crippen molar-refractivity contribution in [3.05, 3.63) is 29.3 Å². The molecule has 96 valence electrons. The van der Waals surface area contributed by atoms with Gasteiger partial charge < -0.3 is 0 Å². The summed E-state index contributed by atoms with van der Waals surface area (Å²) in [4.78, 5) is -0.183. The standard InChI is InChI=1S/C9H10F3NO2S2/c1-6-3-4-8(5-7(6)2)17(14,15)13-16-9(10,11)12/h3-5,13H,1-2H3. The quantitative estimate of drug-likeness (QED) is 0.869. The first-order valence-electron chi connectivity index (χ1n) is 4.45. The van der Waals surface area contributed by atoms with Gasteiger partial charge in [0, 0.05) is 11.9 Å². The predicted molar refractivity (Wildman–Crippen MR) is 59.9 cm³/mol. The second kappa shape index (κ2) is 4.87. The van der Waals surface area contributed by atoms with Crippen LogP contribution in [0.3, 0.4) is 0 Å². The first-order valence-corrected chi connectivity index (χ1v) is 6.75. The molecule has 1 aromatic carbocycles. The topological polar surface area (TPSA) is 46.2 Å². The van der Waals surface area contributed by atoms with E-state index >= 15 is 0 Å². The van der Waals surface area contributed by atoms with Gasteiger partial charge in [-0.3, -0.25) is 0 Å². The van der Waals surface area contributed by atoms with E-state index in [1.807, 2.05) is 0 Å². The van der Waals surface area contributed by atoms with E-state index in [0.29, 0.717) is 5.56 Å². The molecule has 0 bridgehead atoms. The summed E-state index contributed by atoms with van der Waals surface area (Å²) in [7, 11) is -4.14. The van der Waals surface area contributed by atoms with Crippen LogP contribution in [0.15, 0.2) is 23.1 Å². The molecule has 1 aromatic rings. The Hall–Kier alpha value is -0.730. The molecule has 0 unspecified atom stereocenters. The smallest absolute Gasteiger partial charge is 0.206 e. The predicted octanol–water partition coefficient (Wildman–Crippen LogP) is 2.75. The number of nitrogens with one attached hydrogen (secondary N) is 1. The largest absolute Gasteiger partial charge is 0.457 e. The number of rotatable bonds is 3. The summed E-state index contributed by atoms with van der Waals surface area (Å²) >= 11 is -0.793. The van der Waals surface area contributed by atoms with Crippen molar-refractivity contribution in [1.29, 1.82) is 0 Å². The van der Waals surface area contributed by atoms with Crippen molar-refractivity contribution in [2.24, 2.45) is 0 Å². The Morgan fingerprint density at radius 1 is 1.18 bits per heavy atom. The Bertz CT molecular complexity index is 511. The summed E-state index contributed by atoms with van der Waals surface area (Å²) in [6, 6.07) is 4.14. The summed E-state index contributed by atoms with van der Waals surface area (Å²) in [5, 5.41) is 0. The first kappa shape index (κ1) is 14.3. The molecule has 0 aliphatic carbocycles. The third-order valence-electron chi connectivity index (χ3n) is 2.06. The Morgan fingerprint density at radius 2 is 1.76 bits per heavy atom. The van der Waals surface area contributed by atoms with Crippen molar-refractivity contribution in [3.8, 4) is 0 Å². The van der Waals surface area contributed by atoms with Gasteiger partial charge in [0.25, 0.3) is 0 Å². The van der Waals surface area contributed by atoms with Crippen molar-refractivity contribution in [1.82, 2.24) is 4.13 Å². The van der Waals surface area contributed by atoms with Crippen LogP contribution in [-0.4, -0.2) is 13.9 Å². The minimum absolute atomic E-state index is 0.183. The summed E-state index contributed by atoms with van der Waals surface area (Å²) in [5.41, 5.74) is -3.08. The summed E-state index contributed by atoms with van der Waals surface area (Å²) in [5.74, 6) is 0. The van der Waals surface area contributed by atoms with E-state index in [2.05, 4.69) is 0 Å². The van der Waals surface area contributed by atoms with Gasteiger partial charge in [-0.1, -0.05) is 6.07 Å². The van der Waals surface area contributed by atoms with Crippen molar-refractivity contribution >= 4 is 22.0 Å². The fourth-order valence-corrected chi connectivity index (χ4v) is 2.81. The number of alkyl halides is 3. The fraction of sp³-hybridized carbons (Fsp3) is 0.333. The number of hydrogen-bond donors (Lipinski definition) is 1. The summed E-state index contributed by atoms with van der Waals surface area (Å²) < 4.78 is 60.1. The van der Waals surface area contributed by atoms with E-state index in [1.54, 1.807) is 19.9 Å². The highest BCUT2D eigenvalue weighted by atomic mass is 32.3. The number of sulfonamides is 1. The van der Waals surface area contributed by atoms with E-state index in [-0.39, 0.29) is 4.90 Å². The second-order valence-corrected chi connectivity index (χ2v) is 6.19.